The van der Waals surface area contributed by atoms with Crippen LogP contribution in [0.25, 0.3) is 90.4 Å². The number of thiazole rings is 1. The quantitative estimate of drug-likeness (QED) is 0.202. The molecular weight excluding hydrogens is 565 g/mol. The van der Waals surface area contributed by atoms with Crippen molar-refractivity contribution in [3.8, 4) is 16.3 Å². The van der Waals surface area contributed by atoms with Crippen LogP contribution in [0.5, 0.6) is 0 Å². The highest BCUT2D eigenvalue weighted by atomic mass is 32.1. The molecule has 3 nitrogen and oxygen atoms in total. The molecule has 0 saturated carbocycles. The van der Waals surface area contributed by atoms with Gasteiger partial charge in [-0.05, 0) is 55.0 Å². The molecule has 0 atom stereocenters. The minimum Gasteiger partial charge on any atom is -0.455 e. The third-order valence-corrected chi connectivity index (χ3v) is 10.9. The highest BCUT2D eigenvalue weighted by molar-refractivity contribution is 7.26. The van der Waals surface area contributed by atoms with Gasteiger partial charge >= 0.3 is 0 Å². The zero-order chi connectivity index (χ0) is 28.2. The first kappa shape index (κ1) is 23.6. The fraction of sp³-hybridized carbons (Fsp3) is 0.0263. The second kappa shape index (κ2) is 8.54. The molecule has 0 aliphatic rings. The van der Waals surface area contributed by atoms with Crippen molar-refractivity contribution in [3.05, 3.63) is 121 Å². The van der Waals surface area contributed by atoms with Gasteiger partial charge in [0.1, 0.15) is 16.2 Å². The standard InChI is InChI=1S/C38H22N2OS2/c1-21-20-26(38-39-35-32(43-38)19-18-31-33(35)25-13-5-9-17-30(25)42-31)37-34(24-12-4-8-16-29(24)41-37)36(21)40-27-14-6-2-10-22(27)23-11-3-7-15-28(23)40/h2-20H,1H3. The summed E-state index contributed by atoms with van der Waals surface area (Å²) in [4.78, 5) is 5.35. The number of nitrogens with zero attached hydrogens (tertiary/aromatic N) is 2. The summed E-state index contributed by atoms with van der Waals surface area (Å²) in [5.41, 5.74) is 8.62. The molecule has 0 radical (unpaired) electrons. The van der Waals surface area contributed by atoms with Crippen LogP contribution in [0.1, 0.15) is 5.56 Å². The van der Waals surface area contributed by atoms with Gasteiger partial charge in [0, 0.05) is 36.3 Å². The van der Waals surface area contributed by atoms with Gasteiger partial charge in [-0.15, -0.1) is 22.7 Å². The molecule has 0 bridgehead atoms. The lowest BCUT2D eigenvalue weighted by Crippen LogP contribution is -1.99. The summed E-state index contributed by atoms with van der Waals surface area (Å²) < 4.78 is 12.9. The topological polar surface area (TPSA) is 31.0 Å². The Labute approximate surface area is 253 Å². The van der Waals surface area contributed by atoms with E-state index in [4.69, 9.17) is 9.40 Å². The van der Waals surface area contributed by atoms with Gasteiger partial charge in [-0.3, -0.25) is 0 Å². The summed E-state index contributed by atoms with van der Waals surface area (Å²) in [6.07, 6.45) is 0. The van der Waals surface area contributed by atoms with E-state index in [1.807, 2.05) is 17.4 Å². The smallest absolute Gasteiger partial charge is 0.147 e. The maximum atomic E-state index is 6.75. The van der Waals surface area contributed by atoms with Crippen molar-refractivity contribution in [2.24, 2.45) is 0 Å². The van der Waals surface area contributed by atoms with E-state index in [2.05, 4.69) is 121 Å². The van der Waals surface area contributed by atoms with Crippen LogP contribution in [0, 0.1) is 6.92 Å². The van der Waals surface area contributed by atoms with E-state index < -0.39 is 0 Å². The third-order valence-electron chi connectivity index (χ3n) is 8.74. The lowest BCUT2D eigenvalue weighted by atomic mass is 10.0. The molecule has 0 saturated heterocycles. The predicted molar refractivity (Wildman–Crippen MR) is 184 cm³/mol. The summed E-state index contributed by atoms with van der Waals surface area (Å²) in [5.74, 6) is 0. The number of para-hydroxylation sites is 3. The van der Waals surface area contributed by atoms with Gasteiger partial charge in [0.2, 0.25) is 0 Å². The number of benzene rings is 6. The zero-order valence-corrected chi connectivity index (χ0v) is 24.7. The molecule has 6 aromatic carbocycles. The van der Waals surface area contributed by atoms with Crippen molar-refractivity contribution in [1.29, 1.82) is 0 Å². The van der Waals surface area contributed by atoms with Crippen LogP contribution in [0.4, 0.5) is 0 Å². The summed E-state index contributed by atoms with van der Waals surface area (Å²) in [6.45, 7) is 2.22. The molecule has 0 amide bonds. The van der Waals surface area contributed by atoms with E-state index in [1.54, 1.807) is 11.3 Å². The Morgan fingerprint density at radius 3 is 2.05 bits per heavy atom. The number of aromatic nitrogens is 2. The molecule has 0 spiro atoms. The molecule has 10 aromatic rings. The summed E-state index contributed by atoms with van der Waals surface area (Å²) in [6, 6.07) is 41.2. The monoisotopic (exact) mass is 586 g/mol. The molecule has 202 valence electrons. The molecule has 0 N–H and O–H groups in total. The van der Waals surface area contributed by atoms with Crippen LogP contribution in [0.2, 0.25) is 0 Å². The molecule has 5 heteroatoms. The van der Waals surface area contributed by atoms with Crippen LogP contribution >= 0.6 is 22.7 Å². The molecule has 10 rings (SSSR count). The Bertz CT molecular complexity index is 2700. The molecule has 0 unspecified atom stereocenters. The van der Waals surface area contributed by atoms with Gasteiger partial charge in [0.25, 0.3) is 0 Å². The summed E-state index contributed by atoms with van der Waals surface area (Å²) >= 11 is 3.58. The van der Waals surface area contributed by atoms with Crippen LogP contribution in [0.3, 0.4) is 0 Å². The Morgan fingerprint density at radius 1 is 0.605 bits per heavy atom. The SMILES string of the molecule is Cc1cc(-c2nc3c(ccc4sc5ccccc5c43)s2)c2oc3ccccc3c2c1-n1c2ccccc2c2ccccc21. The molecule has 4 aromatic heterocycles. The summed E-state index contributed by atoms with van der Waals surface area (Å²) in [5, 5.41) is 8.26. The lowest BCUT2D eigenvalue weighted by molar-refractivity contribution is 0.670. The number of fused-ring (bicyclic) bond motifs is 11. The molecule has 4 heterocycles. The Hall–Kier alpha value is -4.97. The number of aryl methyl sites for hydroxylation is 1. The first-order chi connectivity index (χ1) is 21.2. The first-order valence-corrected chi connectivity index (χ1v) is 16.0. The van der Waals surface area contributed by atoms with Gasteiger partial charge in [-0.25, -0.2) is 4.98 Å². The average molecular weight is 587 g/mol. The van der Waals surface area contributed by atoms with E-state index >= 15 is 0 Å². The van der Waals surface area contributed by atoms with Crippen molar-refractivity contribution < 1.29 is 4.42 Å². The normalized spacial score (nSPS) is 12.3. The number of hydrogen-bond donors (Lipinski definition) is 0. The number of furan rings is 1. The number of thiophene rings is 1. The summed E-state index contributed by atoms with van der Waals surface area (Å²) in [7, 11) is 0. The van der Waals surface area contributed by atoms with E-state index in [9.17, 15) is 0 Å². The van der Waals surface area contributed by atoms with Gasteiger partial charge in [0.05, 0.1) is 37.9 Å². The van der Waals surface area contributed by atoms with Gasteiger partial charge in [0.15, 0.2) is 0 Å². The highest BCUT2D eigenvalue weighted by Gasteiger charge is 2.24. The van der Waals surface area contributed by atoms with E-state index in [0.29, 0.717) is 0 Å². The maximum absolute atomic E-state index is 6.75. The largest absolute Gasteiger partial charge is 0.455 e. The van der Waals surface area contributed by atoms with Crippen LogP contribution in [-0.4, -0.2) is 9.55 Å². The molecule has 0 fully saturated rings. The van der Waals surface area contributed by atoms with Gasteiger partial charge in [-0.2, -0.15) is 0 Å². The first-order valence-electron chi connectivity index (χ1n) is 14.4. The number of rotatable bonds is 2. The molecule has 0 aliphatic carbocycles. The van der Waals surface area contributed by atoms with E-state index in [-0.39, 0.29) is 0 Å². The van der Waals surface area contributed by atoms with Crippen molar-refractivity contribution in [2.75, 3.05) is 0 Å². The van der Waals surface area contributed by atoms with Crippen LogP contribution in [-0.2, 0) is 0 Å². The Morgan fingerprint density at radius 2 is 1.26 bits per heavy atom. The van der Waals surface area contributed by atoms with E-state index in [0.717, 1.165) is 43.7 Å². The number of hydrogen-bond acceptors (Lipinski definition) is 4. The van der Waals surface area contributed by atoms with Gasteiger partial charge in [-0.1, -0.05) is 72.8 Å². The molecular formula is C38H22N2OS2. The minimum atomic E-state index is 0.883. The fourth-order valence-corrected chi connectivity index (χ4v) is 9.04. The zero-order valence-electron chi connectivity index (χ0n) is 23.1. The van der Waals surface area contributed by atoms with Crippen LogP contribution < -0.4 is 0 Å². The molecule has 0 aliphatic heterocycles. The van der Waals surface area contributed by atoms with Crippen molar-refractivity contribution >= 4 is 96.8 Å². The van der Waals surface area contributed by atoms with Crippen molar-refractivity contribution in [1.82, 2.24) is 9.55 Å². The maximum Gasteiger partial charge on any atom is 0.147 e. The lowest BCUT2D eigenvalue weighted by Gasteiger charge is -2.14. The van der Waals surface area contributed by atoms with Crippen molar-refractivity contribution in [3.63, 3.8) is 0 Å². The Balaban J connectivity index is 1.33. The fourth-order valence-electron chi connectivity index (χ4n) is 6.94. The second-order valence-electron chi connectivity index (χ2n) is 11.2. The minimum absolute atomic E-state index is 0.883. The van der Waals surface area contributed by atoms with Crippen molar-refractivity contribution in [2.45, 2.75) is 6.92 Å². The second-order valence-corrected chi connectivity index (χ2v) is 13.3. The van der Waals surface area contributed by atoms with E-state index in [1.165, 1.54) is 52.2 Å². The molecule has 43 heavy (non-hydrogen) atoms. The average Bonchev–Trinajstić information content (AvgIpc) is 3.81. The Kier molecular flexibility index (Phi) is 4.68. The van der Waals surface area contributed by atoms with Crippen LogP contribution in [0.15, 0.2) is 120 Å². The predicted octanol–water partition coefficient (Wildman–Crippen LogP) is 11.6. The third kappa shape index (κ3) is 3.15. The van der Waals surface area contributed by atoms with Gasteiger partial charge < -0.3 is 8.98 Å². The highest BCUT2D eigenvalue weighted by Crippen LogP contribution is 2.47.